The first-order valence-electron chi connectivity index (χ1n) is 7.32. The largest absolute Gasteiger partial charge is 0.334 e. The predicted molar refractivity (Wildman–Crippen MR) is 89.9 cm³/mol. The van der Waals surface area contributed by atoms with Crippen molar-refractivity contribution in [1.82, 2.24) is 20.4 Å². The van der Waals surface area contributed by atoms with Crippen molar-refractivity contribution in [2.75, 3.05) is 26.2 Å². The first-order chi connectivity index (χ1) is 10.3. The van der Waals surface area contributed by atoms with Crippen molar-refractivity contribution in [2.24, 2.45) is 0 Å². The van der Waals surface area contributed by atoms with Gasteiger partial charge in [-0.15, -0.1) is 0 Å². The van der Waals surface area contributed by atoms with Crippen LogP contribution in [0.3, 0.4) is 0 Å². The molecular formula is C15H19IN4O. The number of hydrogen-bond donors (Lipinski definition) is 1. The number of aromatic nitrogens is 2. The zero-order chi connectivity index (χ0) is 14.7. The van der Waals surface area contributed by atoms with Crippen LogP contribution in [0.4, 0.5) is 0 Å². The van der Waals surface area contributed by atoms with E-state index in [2.05, 4.69) is 62.0 Å². The summed E-state index contributed by atoms with van der Waals surface area (Å²) in [6.07, 6.45) is 0.991. The fourth-order valence-electron chi connectivity index (χ4n) is 2.71. The molecule has 0 bridgehead atoms. The van der Waals surface area contributed by atoms with Crippen LogP contribution < -0.4 is 5.32 Å². The van der Waals surface area contributed by atoms with Crippen LogP contribution in [0, 0.1) is 3.57 Å². The molecule has 2 heterocycles. The first kappa shape index (κ1) is 14.9. The van der Waals surface area contributed by atoms with E-state index in [0.717, 1.165) is 44.0 Å². The van der Waals surface area contributed by atoms with Crippen molar-refractivity contribution in [3.8, 4) is 11.5 Å². The Labute approximate surface area is 138 Å². The normalized spacial score (nSPS) is 17.8. The van der Waals surface area contributed by atoms with Crippen molar-refractivity contribution in [3.05, 3.63) is 33.7 Å². The Hall–Kier alpha value is -0.990. The van der Waals surface area contributed by atoms with Crippen LogP contribution in [0.1, 0.15) is 25.2 Å². The molecule has 0 spiro atoms. The quantitative estimate of drug-likeness (QED) is 0.803. The van der Waals surface area contributed by atoms with Gasteiger partial charge in [0.15, 0.2) is 5.82 Å². The number of nitrogens with zero attached hydrogens (tertiary/aromatic N) is 3. The lowest BCUT2D eigenvalue weighted by atomic mass is 10.1. The number of rotatable bonds is 4. The van der Waals surface area contributed by atoms with Crippen molar-refractivity contribution in [1.29, 1.82) is 0 Å². The maximum Gasteiger partial charge on any atom is 0.258 e. The summed E-state index contributed by atoms with van der Waals surface area (Å²) in [6, 6.07) is 8.37. The maximum atomic E-state index is 5.47. The van der Waals surface area contributed by atoms with Gasteiger partial charge in [0.25, 0.3) is 5.89 Å². The molecule has 112 valence electrons. The first-order valence-corrected chi connectivity index (χ1v) is 8.40. The lowest BCUT2D eigenvalue weighted by molar-refractivity contribution is 0.160. The molecule has 1 fully saturated rings. The van der Waals surface area contributed by atoms with E-state index >= 15 is 0 Å². The molecule has 0 saturated carbocycles. The molecule has 1 atom stereocenters. The monoisotopic (exact) mass is 398 g/mol. The van der Waals surface area contributed by atoms with Crippen LogP contribution >= 0.6 is 22.6 Å². The van der Waals surface area contributed by atoms with Gasteiger partial charge in [0.1, 0.15) is 0 Å². The highest BCUT2D eigenvalue weighted by atomic mass is 127. The number of piperazine rings is 1. The zero-order valence-electron chi connectivity index (χ0n) is 12.1. The lowest BCUT2D eigenvalue weighted by Gasteiger charge is -2.32. The van der Waals surface area contributed by atoms with Crippen LogP contribution in [-0.2, 0) is 0 Å². The number of benzene rings is 1. The second-order valence-electron chi connectivity index (χ2n) is 5.18. The third kappa shape index (κ3) is 3.44. The van der Waals surface area contributed by atoms with E-state index in [1.807, 2.05) is 12.1 Å². The zero-order valence-corrected chi connectivity index (χ0v) is 14.2. The smallest absolute Gasteiger partial charge is 0.258 e. The highest BCUT2D eigenvalue weighted by molar-refractivity contribution is 14.1. The molecule has 6 heteroatoms. The Morgan fingerprint density at radius 2 is 2.19 bits per heavy atom. The lowest BCUT2D eigenvalue weighted by Crippen LogP contribution is -2.45. The third-order valence-electron chi connectivity index (χ3n) is 3.79. The Morgan fingerprint density at radius 1 is 1.38 bits per heavy atom. The minimum absolute atomic E-state index is 0.243. The molecule has 5 nitrogen and oxygen atoms in total. The van der Waals surface area contributed by atoms with Crippen LogP contribution in [0.2, 0.25) is 0 Å². The van der Waals surface area contributed by atoms with Gasteiger partial charge in [0.05, 0.1) is 6.04 Å². The van der Waals surface area contributed by atoms with E-state index in [-0.39, 0.29) is 6.04 Å². The Kier molecular flexibility index (Phi) is 4.87. The number of hydrogen-bond acceptors (Lipinski definition) is 5. The molecule has 21 heavy (non-hydrogen) atoms. The SMILES string of the molecule is CCC(c1noc(-c2cccc(I)c2)n1)N1CCNCC1. The molecule has 1 aromatic carbocycles. The van der Waals surface area contributed by atoms with E-state index in [0.29, 0.717) is 5.89 Å². The van der Waals surface area contributed by atoms with Gasteiger partial charge < -0.3 is 9.84 Å². The van der Waals surface area contributed by atoms with Gasteiger partial charge in [-0.2, -0.15) is 4.98 Å². The molecule has 0 radical (unpaired) electrons. The van der Waals surface area contributed by atoms with E-state index in [4.69, 9.17) is 4.52 Å². The highest BCUT2D eigenvalue weighted by Gasteiger charge is 2.25. The molecule has 2 aromatic rings. The number of nitrogens with one attached hydrogen (secondary N) is 1. The summed E-state index contributed by atoms with van der Waals surface area (Å²) in [4.78, 5) is 7.06. The summed E-state index contributed by atoms with van der Waals surface area (Å²) in [5.74, 6) is 1.41. The fraction of sp³-hybridized carbons (Fsp3) is 0.467. The second kappa shape index (κ2) is 6.85. The summed E-state index contributed by atoms with van der Waals surface area (Å²) < 4.78 is 6.64. The average molecular weight is 398 g/mol. The molecule has 1 aliphatic rings. The predicted octanol–water partition coefficient (Wildman–Crippen LogP) is 2.70. The Balaban J connectivity index is 1.82. The highest BCUT2D eigenvalue weighted by Crippen LogP contribution is 2.25. The van der Waals surface area contributed by atoms with Crippen LogP contribution in [0.5, 0.6) is 0 Å². The molecular weight excluding hydrogens is 379 g/mol. The van der Waals surface area contributed by atoms with Gasteiger partial charge in [-0.05, 0) is 47.2 Å². The molecule has 0 aliphatic carbocycles. The third-order valence-corrected chi connectivity index (χ3v) is 4.46. The summed E-state index contributed by atoms with van der Waals surface area (Å²) in [7, 11) is 0. The fourth-order valence-corrected chi connectivity index (χ4v) is 3.25. The van der Waals surface area contributed by atoms with Crippen molar-refractivity contribution in [3.63, 3.8) is 0 Å². The standard InChI is InChI=1S/C15H19IN4O/c1-2-13(20-8-6-17-7-9-20)14-18-15(21-19-14)11-4-3-5-12(16)10-11/h3-5,10,13,17H,2,6-9H2,1H3. The Bertz CT molecular complexity index is 595. The molecule has 0 amide bonds. The minimum Gasteiger partial charge on any atom is -0.334 e. The van der Waals surface area contributed by atoms with Gasteiger partial charge >= 0.3 is 0 Å². The van der Waals surface area contributed by atoms with Crippen LogP contribution in [-0.4, -0.2) is 41.2 Å². The van der Waals surface area contributed by atoms with Crippen LogP contribution in [0.25, 0.3) is 11.5 Å². The molecule has 1 N–H and O–H groups in total. The second-order valence-corrected chi connectivity index (χ2v) is 6.42. The van der Waals surface area contributed by atoms with Gasteiger partial charge in [-0.3, -0.25) is 4.90 Å². The van der Waals surface area contributed by atoms with Gasteiger partial charge in [-0.1, -0.05) is 18.1 Å². The minimum atomic E-state index is 0.243. The molecule has 1 aromatic heterocycles. The molecule has 1 unspecified atom stereocenters. The molecule has 1 saturated heterocycles. The van der Waals surface area contributed by atoms with E-state index in [1.54, 1.807) is 0 Å². The van der Waals surface area contributed by atoms with E-state index < -0.39 is 0 Å². The summed E-state index contributed by atoms with van der Waals surface area (Å²) in [5, 5.41) is 7.59. The van der Waals surface area contributed by atoms with Crippen LogP contribution in [0.15, 0.2) is 28.8 Å². The van der Waals surface area contributed by atoms with Crippen molar-refractivity contribution < 1.29 is 4.52 Å². The van der Waals surface area contributed by atoms with Gasteiger partial charge in [0, 0.05) is 35.3 Å². The molecule has 1 aliphatic heterocycles. The summed E-state index contributed by atoms with van der Waals surface area (Å²) in [6.45, 7) is 6.29. The number of halogens is 1. The van der Waals surface area contributed by atoms with E-state index in [1.165, 1.54) is 3.57 Å². The maximum absolute atomic E-state index is 5.47. The summed E-state index contributed by atoms with van der Waals surface area (Å²) in [5.41, 5.74) is 0.982. The van der Waals surface area contributed by atoms with E-state index in [9.17, 15) is 0 Å². The van der Waals surface area contributed by atoms with Gasteiger partial charge in [-0.25, -0.2) is 0 Å². The van der Waals surface area contributed by atoms with Gasteiger partial charge in [0.2, 0.25) is 0 Å². The van der Waals surface area contributed by atoms with Crippen molar-refractivity contribution in [2.45, 2.75) is 19.4 Å². The topological polar surface area (TPSA) is 54.2 Å². The average Bonchev–Trinajstić information content (AvgIpc) is 2.99. The van der Waals surface area contributed by atoms with Crippen molar-refractivity contribution >= 4 is 22.6 Å². The summed E-state index contributed by atoms with van der Waals surface area (Å²) >= 11 is 2.29. The molecule has 3 rings (SSSR count). The Morgan fingerprint density at radius 3 is 2.90 bits per heavy atom.